The Kier molecular flexibility index (Phi) is 4.35. The maximum Gasteiger partial charge on any atom is 0.340 e. The van der Waals surface area contributed by atoms with Crippen LogP contribution in [-0.4, -0.2) is 27.8 Å². The molecule has 0 bridgehead atoms. The summed E-state index contributed by atoms with van der Waals surface area (Å²) in [6.07, 6.45) is 0. The van der Waals surface area contributed by atoms with Gasteiger partial charge in [-0.25, -0.2) is 9.59 Å². The van der Waals surface area contributed by atoms with Gasteiger partial charge in [0.05, 0.1) is 35.9 Å². The number of ether oxygens (including phenoxy) is 1. The number of fused-ring (bicyclic) bond motifs is 1. The van der Waals surface area contributed by atoms with Crippen LogP contribution < -0.4 is 5.69 Å². The van der Waals surface area contributed by atoms with E-state index < -0.39 is 5.97 Å². The van der Waals surface area contributed by atoms with Crippen LogP contribution in [0.5, 0.6) is 0 Å². The number of hydrogen-bond acceptors (Lipinski definition) is 5. The van der Waals surface area contributed by atoms with Crippen LogP contribution in [0, 0.1) is 13.8 Å². The third-order valence-electron chi connectivity index (χ3n) is 4.80. The molecule has 0 radical (unpaired) electrons. The number of carbonyl (C=O) groups excluding carboxylic acids is 1. The summed E-state index contributed by atoms with van der Waals surface area (Å²) in [4.78, 5) is 27.9. The topological polar surface area (TPSA) is 90.1 Å². The van der Waals surface area contributed by atoms with Gasteiger partial charge in [-0.2, -0.15) is 0 Å². The zero-order chi connectivity index (χ0) is 19.8. The van der Waals surface area contributed by atoms with Crippen LogP contribution in [0.3, 0.4) is 0 Å². The molecule has 7 heteroatoms. The minimum absolute atomic E-state index is 0.291. The standard InChI is InChI=1S/C21H19N3O4/c1-12-18(13(2)28-23-12)15-9-16(20(25)27-3)19-17(10-15)24(21(26)22-19)11-14-7-5-4-6-8-14/h4-10H,11H2,1-3H3,(H,22,26). The van der Waals surface area contributed by atoms with E-state index in [9.17, 15) is 9.59 Å². The molecule has 0 aliphatic rings. The summed E-state index contributed by atoms with van der Waals surface area (Å²) >= 11 is 0. The first-order valence-electron chi connectivity index (χ1n) is 8.81. The summed E-state index contributed by atoms with van der Waals surface area (Å²) in [5.74, 6) is 0.117. The van der Waals surface area contributed by atoms with Crippen molar-refractivity contribution in [3.63, 3.8) is 0 Å². The molecule has 142 valence electrons. The second-order valence-electron chi connectivity index (χ2n) is 6.61. The molecule has 0 amide bonds. The summed E-state index contributed by atoms with van der Waals surface area (Å²) < 4.78 is 11.8. The summed E-state index contributed by atoms with van der Waals surface area (Å²) in [6, 6.07) is 13.2. The van der Waals surface area contributed by atoms with Crippen LogP contribution in [0.2, 0.25) is 0 Å². The molecule has 7 nitrogen and oxygen atoms in total. The van der Waals surface area contributed by atoms with Gasteiger partial charge in [-0.05, 0) is 37.1 Å². The first-order chi connectivity index (χ1) is 13.5. The molecular weight excluding hydrogens is 358 g/mol. The number of methoxy groups -OCH3 is 1. The number of H-pyrrole nitrogens is 1. The second-order valence-corrected chi connectivity index (χ2v) is 6.61. The molecule has 0 aliphatic carbocycles. The molecule has 0 saturated carbocycles. The number of nitrogens with one attached hydrogen (secondary N) is 1. The van der Waals surface area contributed by atoms with E-state index in [1.807, 2.05) is 50.2 Å². The lowest BCUT2D eigenvalue weighted by Gasteiger charge is -2.09. The van der Waals surface area contributed by atoms with Gasteiger partial charge in [-0.3, -0.25) is 4.57 Å². The lowest BCUT2D eigenvalue weighted by molar-refractivity contribution is 0.0603. The first-order valence-corrected chi connectivity index (χ1v) is 8.81. The van der Waals surface area contributed by atoms with Gasteiger partial charge in [-0.1, -0.05) is 35.5 Å². The highest BCUT2D eigenvalue weighted by Crippen LogP contribution is 2.31. The molecule has 2 heterocycles. The quantitative estimate of drug-likeness (QED) is 0.550. The zero-order valence-electron chi connectivity index (χ0n) is 15.8. The fraction of sp³-hybridized carbons (Fsp3) is 0.190. The number of aromatic nitrogens is 3. The predicted molar refractivity (Wildman–Crippen MR) is 104 cm³/mol. The normalized spacial score (nSPS) is 11.1. The fourth-order valence-electron chi connectivity index (χ4n) is 3.49. The van der Waals surface area contributed by atoms with Gasteiger partial charge in [0, 0.05) is 5.56 Å². The van der Waals surface area contributed by atoms with E-state index in [0.29, 0.717) is 34.6 Å². The molecule has 0 unspecified atom stereocenters. The number of imidazole rings is 1. The molecular formula is C21H19N3O4. The van der Waals surface area contributed by atoms with Crippen LogP contribution in [0.15, 0.2) is 51.8 Å². The number of benzene rings is 2. The molecule has 0 aliphatic heterocycles. The number of carbonyl (C=O) groups is 1. The molecule has 28 heavy (non-hydrogen) atoms. The number of nitrogens with zero attached hydrogens (tertiary/aromatic N) is 2. The number of aromatic amines is 1. The van der Waals surface area contributed by atoms with Crippen molar-refractivity contribution in [2.45, 2.75) is 20.4 Å². The molecule has 0 spiro atoms. The highest BCUT2D eigenvalue weighted by atomic mass is 16.5. The smallest absolute Gasteiger partial charge is 0.340 e. The highest BCUT2D eigenvalue weighted by Gasteiger charge is 2.21. The van der Waals surface area contributed by atoms with Crippen molar-refractivity contribution in [3.8, 4) is 11.1 Å². The maximum absolute atomic E-state index is 12.7. The lowest BCUT2D eigenvalue weighted by Crippen LogP contribution is -2.17. The SMILES string of the molecule is COC(=O)c1cc(-c2c(C)noc2C)cc2c1[nH]c(=O)n2Cc1ccccc1. The third-order valence-corrected chi connectivity index (χ3v) is 4.80. The Hall–Kier alpha value is -3.61. The maximum atomic E-state index is 12.7. The Labute approximate surface area is 160 Å². The van der Waals surface area contributed by atoms with E-state index in [0.717, 1.165) is 16.7 Å². The van der Waals surface area contributed by atoms with Gasteiger partial charge in [0.1, 0.15) is 5.76 Å². The molecule has 2 aromatic heterocycles. The molecule has 4 rings (SSSR count). The minimum atomic E-state index is -0.522. The van der Waals surface area contributed by atoms with Gasteiger partial charge in [-0.15, -0.1) is 0 Å². The molecule has 4 aromatic rings. The molecule has 0 fully saturated rings. The monoisotopic (exact) mass is 377 g/mol. The largest absolute Gasteiger partial charge is 0.465 e. The van der Waals surface area contributed by atoms with Crippen molar-refractivity contribution in [2.24, 2.45) is 0 Å². The van der Waals surface area contributed by atoms with Crippen molar-refractivity contribution in [2.75, 3.05) is 7.11 Å². The van der Waals surface area contributed by atoms with Gasteiger partial charge in [0.25, 0.3) is 0 Å². The Morgan fingerprint density at radius 2 is 1.96 bits per heavy atom. The Morgan fingerprint density at radius 1 is 1.21 bits per heavy atom. The van der Waals surface area contributed by atoms with Crippen molar-refractivity contribution in [1.82, 2.24) is 14.7 Å². The number of aryl methyl sites for hydroxylation is 2. The third kappa shape index (κ3) is 2.90. The average molecular weight is 377 g/mol. The van der Waals surface area contributed by atoms with Crippen LogP contribution in [0.25, 0.3) is 22.2 Å². The van der Waals surface area contributed by atoms with Crippen LogP contribution in [0.4, 0.5) is 0 Å². The molecule has 0 saturated heterocycles. The van der Waals surface area contributed by atoms with Gasteiger partial charge in [0.2, 0.25) is 0 Å². The second kappa shape index (κ2) is 6.84. The van der Waals surface area contributed by atoms with E-state index in [1.165, 1.54) is 7.11 Å². The Morgan fingerprint density at radius 3 is 2.61 bits per heavy atom. The van der Waals surface area contributed by atoms with Crippen molar-refractivity contribution >= 4 is 17.0 Å². The van der Waals surface area contributed by atoms with Crippen molar-refractivity contribution in [3.05, 3.63) is 75.5 Å². The van der Waals surface area contributed by atoms with Crippen LogP contribution in [0.1, 0.15) is 27.4 Å². The zero-order valence-corrected chi connectivity index (χ0v) is 15.8. The number of hydrogen-bond donors (Lipinski definition) is 1. The van der Waals surface area contributed by atoms with E-state index in [4.69, 9.17) is 9.26 Å². The average Bonchev–Trinajstić information content (AvgIpc) is 3.20. The first kappa shape index (κ1) is 17.8. The van der Waals surface area contributed by atoms with Crippen molar-refractivity contribution in [1.29, 1.82) is 0 Å². The van der Waals surface area contributed by atoms with Gasteiger partial charge >= 0.3 is 11.7 Å². The van der Waals surface area contributed by atoms with Crippen LogP contribution >= 0.6 is 0 Å². The predicted octanol–water partition coefficient (Wildman–Crippen LogP) is 3.44. The van der Waals surface area contributed by atoms with E-state index in [-0.39, 0.29) is 5.69 Å². The van der Waals surface area contributed by atoms with Crippen LogP contribution in [-0.2, 0) is 11.3 Å². The Balaban J connectivity index is 1.99. The van der Waals surface area contributed by atoms with Crippen molar-refractivity contribution < 1.29 is 14.1 Å². The number of esters is 1. The lowest BCUT2D eigenvalue weighted by atomic mass is 10.00. The van der Waals surface area contributed by atoms with E-state index >= 15 is 0 Å². The highest BCUT2D eigenvalue weighted by molar-refractivity contribution is 6.04. The fourth-order valence-corrected chi connectivity index (χ4v) is 3.49. The minimum Gasteiger partial charge on any atom is -0.465 e. The molecule has 2 aromatic carbocycles. The summed E-state index contributed by atoms with van der Waals surface area (Å²) in [7, 11) is 1.32. The summed E-state index contributed by atoms with van der Waals surface area (Å²) in [5, 5.41) is 4.00. The Bertz CT molecular complexity index is 1210. The molecule has 1 N–H and O–H groups in total. The van der Waals surface area contributed by atoms with Gasteiger partial charge < -0.3 is 14.2 Å². The van der Waals surface area contributed by atoms with Gasteiger partial charge in [0.15, 0.2) is 0 Å². The number of rotatable bonds is 4. The summed E-state index contributed by atoms with van der Waals surface area (Å²) in [5.41, 5.74) is 4.29. The van der Waals surface area contributed by atoms with E-state index in [2.05, 4.69) is 10.1 Å². The van der Waals surface area contributed by atoms with E-state index in [1.54, 1.807) is 10.6 Å². The molecule has 0 atom stereocenters. The summed E-state index contributed by atoms with van der Waals surface area (Å²) in [6.45, 7) is 4.03.